The lowest BCUT2D eigenvalue weighted by Gasteiger charge is -2.17. The van der Waals surface area contributed by atoms with Crippen molar-refractivity contribution in [3.8, 4) is 68.2 Å². The summed E-state index contributed by atoms with van der Waals surface area (Å²) in [6.07, 6.45) is 0. The van der Waals surface area contributed by atoms with E-state index < -0.39 is 0 Å². The highest BCUT2D eigenvalue weighted by Crippen LogP contribution is 2.39. The van der Waals surface area contributed by atoms with Crippen molar-refractivity contribution in [2.75, 3.05) is 0 Å². The number of rotatable bonds is 6. The number of hydrogen-bond donors (Lipinski definition) is 0. The Morgan fingerprint density at radius 2 is 1.02 bits per heavy atom. The second-order valence-electron chi connectivity index (χ2n) is 12.6. The van der Waals surface area contributed by atoms with Crippen LogP contribution in [0.1, 0.15) is 5.56 Å². The van der Waals surface area contributed by atoms with Gasteiger partial charge in [-0.2, -0.15) is 5.26 Å². The molecule has 0 aliphatic heterocycles. The van der Waals surface area contributed by atoms with Crippen LogP contribution in [0.5, 0.6) is 0 Å². The number of nitriles is 1. The monoisotopic (exact) mass is 669 g/mol. The summed E-state index contributed by atoms with van der Waals surface area (Å²) in [6, 6.07) is 57.2. The maximum atomic E-state index is 14.8. The van der Waals surface area contributed by atoms with Gasteiger partial charge in [0.05, 0.1) is 28.4 Å². The van der Waals surface area contributed by atoms with Gasteiger partial charge in [-0.1, -0.05) is 127 Å². The Labute approximate surface area is 299 Å². The Morgan fingerprint density at radius 3 is 1.69 bits per heavy atom. The van der Waals surface area contributed by atoms with E-state index >= 15 is 0 Å². The highest BCUT2D eigenvalue weighted by atomic mass is 19.1. The average molecular weight is 670 g/mol. The predicted octanol–water partition coefficient (Wildman–Crippen LogP) is 11.3. The zero-order valence-electron chi connectivity index (χ0n) is 27.8. The molecule has 0 saturated heterocycles. The average Bonchev–Trinajstić information content (AvgIpc) is 3.54. The molecule has 0 radical (unpaired) electrons. The van der Waals surface area contributed by atoms with Gasteiger partial charge in [0.25, 0.3) is 0 Å². The number of benzene rings is 7. The third kappa shape index (κ3) is 5.57. The zero-order chi connectivity index (χ0) is 35.0. The van der Waals surface area contributed by atoms with Gasteiger partial charge < -0.3 is 4.57 Å². The molecule has 52 heavy (non-hydrogen) atoms. The van der Waals surface area contributed by atoms with Crippen molar-refractivity contribution in [1.82, 2.24) is 19.5 Å². The summed E-state index contributed by atoms with van der Waals surface area (Å²) in [6.45, 7) is 0. The lowest BCUT2D eigenvalue weighted by Crippen LogP contribution is -2.02. The molecule has 9 aromatic rings. The molecule has 0 amide bonds. The first-order valence-electron chi connectivity index (χ1n) is 16.9. The van der Waals surface area contributed by atoms with E-state index in [2.05, 4.69) is 47.0 Å². The van der Waals surface area contributed by atoms with Crippen LogP contribution < -0.4 is 0 Å². The molecule has 244 valence electrons. The molecule has 0 aliphatic carbocycles. The molecular weight excluding hydrogens is 642 g/mol. The lowest BCUT2D eigenvalue weighted by atomic mass is 10.00. The van der Waals surface area contributed by atoms with Crippen LogP contribution in [0.3, 0.4) is 0 Å². The van der Waals surface area contributed by atoms with E-state index in [1.807, 2.05) is 115 Å². The fourth-order valence-electron chi connectivity index (χ4n) is 6.84. The number of aromatic nitrogens is 4. The maximum absolute atomic E-state index is 14.8. The zero-order valence-corrected chi connectivity index (χ0v) is 27.8. The van der Waals surface area contributed by atoms with Crippen LogP contribution in [0, 0.1) is 17.1 Å². The summed E-state index contributed by atoms with van der Waals surface area (Å²) in [7, 11) is 0. The van der Waals surface area contributed by atoms with Gasteiger partial charge >= 0.3 is 0 Å². The molecule has 0 fully saturated rings. The molecule has 2 aromatic heterocycles. The Hall–Kier alpha value is -7.23. The van der Waals surface area contributed by atoms with Crippen LogP contribution >= 0.6 is 0 Å². The van der Waals surface area contributed by atoms with Gasteiger partial charge in [-0.05, 0) is 59.2 Å². The second-order valence-corrected chi connectivity index (χ2v) is 12.6. The molecule has 9 rings (SSSR count). The number of para-hydroxylation sites is 1. The molecule has 2 heterocycles. The quantitative estimate of drug-likeness (QED) is 0.177. The van der Waals surface area contributed by atoms with E-state index in [4.69, 9.17) is 15.0 Å². The highest BCUT2D eigenvalue weighted by molar-refractivity contribution is 6.10. The SMILES string of the molecule is N#Cc1ccc(-c2ccc3c4ccccc4n(-c4cc(-c5nc(-c6ccccc6)nc(-c6ccccc6)n5)ccc4-c4cccc(F)c4)c3c2)cc1. The molecule has 0 N–H and O–H groups in total. The number of halogens is 1. The standard InChI is InChI=1S/C46H28FN5/c47-37-15-9-14-35(26-37)38-24-23-36(46-50-44(32-10-3-1-4-11-32)49-45(51-46)33-12-5-2-6-13-33)28-42(38)52-41-17-8-7-16-39(41)40-25-22-34(27-43(40)52)31-20-18-30(29-48)19-21-31/h1-28H. The fourth-order valence-corrected chi connectivity index (χ4v) is 6.84. The van der Waals surface area contributed by atoms with Crippen LogP contribution in [0.4, 0.5) is 4.39 Å². The summed E-state index contributed by atoms with van der Waals surface area (Å²) < 4.78 is 17.1. The number of nitrogens with zero attached hydrogens (tertiary/aromatic N) is 5. The minimum atomic E-state index is -0.310. The van der Waals surface area contributed by atoms with E-state index in [-0.39, 0.29) is 5.82 Å². The Kier molecular flexibility index (Phi) is 7.64. The number of hydrogen-bond acceptors (Lipinski definition) is 4. The van der Waals surface area contributed by atoms with Gasteiger partial charge in [-0.3, -0.25) is 0 Å². The second kappa shape index (κ2) is 12.9. The smallest absolute Gasteiger partial charge is 0.164 e. The van der Waals surface area contributed by atoms with E-state index in [1.54, 1.807) is 12.1 Å². The minimum absolute atomic E-state index is 0.310. The van der Waals surface area contributed by atoms with Gasteiger partial charge in [0.15, 0.2) is 17.5 Å². The van der Waals surface area contributed by atoms with Crippen LogP contribution in [-0.2, 0) is 0 Å². The van der Waals surface area contributed by atoms with Crippen LogP contribution in [0.2, 0.25) is 0 Å². The third-order valence-corrected chi connectivity index (χ3v) is 9.35. The third-order valence-electron chi connectivity index (χ3n) is 9.35. The predicted molar refractivity (Wildman–Crippen MR) is 206 cm³/mol. The Bertz CT molecular complexity index is 2740. The van der Waals surface area contributed by atoms with Crippen molar-refractivity contribution in [2.24, 2.45) is 0 Å². The van der Waals surface area contributed by atoms with Gasteiger partial charge in [0.1, 0.15) is 5.82 Å². The largest absolute Gasteiger partial charge is 0.309 e. The van der Waals surface area contributed by atoms with Crippen LogP contribution in [0.15, 0.2) is 170 Å². The van der Waals surface area contributed by atoms with Crippen molar-refractivity contribution >= 4 is 21.8 Å². The van der Waals surface area contributed by atoms with Crippen molar-refractivity contribution in [3.05, 3.63) is 181 Å². The summed E-state index contributed by atoms with van der Waals surface area (Å²) in [5.74, 6) is 1.36. The molecule has 6 heteroatoms. The first-order valence-corrected chi connectivity index (χ1v) is 16.9. The summed E-state index contributed by atoms with van der Waals surface area (Å²) >= 11 is 0. The highest BCUT2D eigenvalue weighted by Gasteiger charge is 2.20. The van der Waals surface area contributed by atoms with E-state index in [1.165, 1.54) is 6.07 Å². The van der Waals surface area contributed by atoms with Gasteiger partial charge in [0.2, 0.25) is 0 Å². The van der Waals surface area contributed by atoms with Gasteiger partial charge in [0, 0.05) is 33.0 Å². The fraction of sp³-hybridized carbons (Fsp3) is 0. The summed E-state index contributed by atoms with van der Waals surface area (Å²) in [5.41, 5.74) is 9.66. The summed E-state index contributed by atoms with van der Waals surface area (Å²) in [5, 5.41) is 11.6. The van der Waals surface area contributed by atoms with E-state index in [0.717, 1.165) is 66.4 Å². The topological polar surface area (TPSA) is 67.4 Å². The first kappa shape index (κ1) is 30.8. The van der Waals surface area contributed by atoms with Crippen molar-refractivity contribution < 1.29 is 4.39 Å². The van der Waals surface area contributed by atoms with E-state index in [9.17, 15) is 9.65 Å². The molecule has 0 unspecified atom stereocenters. The molecule has 0 saturated carbocycles. The van der Waals surface area contributed by atoms with Crippen LogP contribution in [0.25, 0.3) is 83.9 Å². The van der Waals surface area contributed by atoms with Gasteiger partial charge in [-0.25, -0.2) is 19.3 Å². The Balaban J connectivity index is 1.32. The van der Waals surface area contributed by atoms with Crippen LogP contribution in [-0.4, -0.2) is 19.5 Å². The normalized spacial score (nSPS) is 11.2. The maximum Gasteiger partial charge on any atom is 0.164 e. The van der Waals surface area contributed by atoms with Crippen molar-refractivity contribution in [2.45, 2.75) is 0 Å². The summed E-state index contributed by atoms with van der Waals surface area (Å²) in [4.78, 5) is 14.9. The minimum Gasteiger partial charge on any atom is -0.309 e. The molecular formula is C46H28FN5. The molecule has 5 nitrogen and oxygen atoms in total. The molecule has 0 bridgehead atoms. The Morgan fingerprint density at radius 1 is 0.442 bits per heavy atom. The molecule has 0 aliphatic rings. The van der Waals surface area contributed by atoms with Crippen molar-refractivity contribution in [3.63, 3.8) is 0 Å². The molecule has 0 spiro atoms. The molecule has 7 aromatic carbocycles. The first-order chi connectivity index (χ1) is 25.6. The number of fused-ring (bicyclic) bond motifs is 3. The lowest BCUT2D eigenvalue weighted by molar-refractivity contribution is 0.628. The molecule has 0 atom stereocenters. The van der Waals surface area contributed by atoms with E-state index in [0.29, 0.717) is 23.0 Å². The van der Waals surface area contributed by atoms with Crippen molar-refractivity contribution in [1.29, 1.82) is 5.26 Å². The van der Waals surface area contributed by atoms with Gasteiger partial charge in [-0.15, -0.1) is 0 Å².